The van der Waals surface area contributed by atoms with Gasteiger partial charge < -0.3 is 15.4 Å². The molecule has 100 valence electrons. The van der Waals surface area contributed by atoms with Gasteiger partial charge in [-0.3, -0.25) is 0 Å². The predicted molar refractivity (Wildman–Crippen MR) is 75.0 cm³/mol. The molecule has 1 aromatic carbocycles. The van der Waals surface area contributed by atoms with Crippen molar-refractivity contribution in [3.05, 3.63) is 23.8 Å². The maximum atomic E-state index is 11.5. The van der Waals surface area contributed by atoms with Gasteiger partial charge in [0, 0.05) is 13.1 Å². The molecule has 0 amide bonds. The molecule has 0 fully saturated rings. The van der Waals surface area contributed by atoms with E-state index in [1.807, 2.05) is 7.05 Å². The average molecular weight is 250 g/mol. The minimum atomic E-state index is -0.339. The van der Waals surface area contributed by atoms with Crippen molar-refractivity contribution in [2.24, 2.45) is 0 Å². The standard InChI is InChI=1S/C14H22N2O2/c1-5-11(6-2)16(3)13-9-10(14(17)18-4)7-8-12(13)15/h7-9,11H,5-6,15H2,1-4H3. The van der Waals surface area contributed by atoms with Gasteiger partial charge in [0.2, 0.25) is 0 Å². The lowest BCUT2D eigenvalue weighted by atomic mass is 10.1. The molecular weight excluding hydrogens is 228 g/mol. The molecule has 0 aromatic heterocycles. The first-order valence-electron chi connectivity index (χ1n) is 6.25. The molecule has 1 rings (SSSR count). The van der Waals surface area contributed by atoms with Crippen LogP contribution in [0.1, 0.15) is 37.0 Å². The Morgan fingerprint density at radius 3 is 2.50 bits per heavy atom. The maximum absolute atomic E-state index is 11.5. The van der Waals surface area contributed by atoms with Crippen LogP contribution in [0, 0.1) is 0 Å². The second-order valence-corrected chi connectivity index (χ2v) is 4.35. The Labute approximate surface area is 109 Å². The lowest BCUT2D eigenvalue weighted by molar-refractivity contribution is 0.0601. The zero-order valence-corrected chi connectivity index (χ0v) is 11.6. The molecule has 0 atom stereocenters. The summed E-state index contributed by atoms with van der Waals surface area (Å²) in [5.74, 6) is -0.339. The van der Waals surface area contributed by atoms with Crippen LogP contribution in [0.3, 0.4) is 0 Å². The summed E-state index contributed by atoms with van der Waals surface area (Å²) in [4.78, 5) is 13.7. The van der Waals surface area contributed by atoms with Gasteiger partial charge in [0.25, 0.3) is 0 Å². The van der Waals surface area contributed by atoms with Crippen LogP contribution in [-0.2, 0) is 4.74 Å². The summed E-state index contributed by atoms with van der Waals surface area (Å²) < 4.78 is 4.73. The molecule has 0 aliphatic rings. The molecule has 0 spiro atoms. The lowest BCUT2D eigenvalue weighted by Crippen LogP contribution is -2.31. The highest BCUT2D eigenvalue weighted by atomic mass is 16.5. The molecular formula is C14H22N2O2. The first kappa shape index (κ1) is 14.4. The Morgan fingerprint density at radius 2 is 2.00 bits per heavy atom. The van der Waals surface area contributed by atoms with Gasteiger partial charge in [-0.25, -0.2) is 4.79 Å². The second kappa shape index (κ2) is 6.28. The van der Waals surface area contributed by atoms with E-state index in [1.165, 1.54) is 7.11 Å². The molecule has 0 heterocycles. The van der Waals surface area contributed by atoms with Crippen molar-refractivity contribution in [3.63, 3.8) is 0 Å². The highest BCUT2D eigenvalue weighted by molar-refractivity contribution is 5.92. The maximum Gasteiger partial charge on any atom is 0.337 e. The van der Waals surface area contributed by atoms with Crippen LogP contribution >= 0.6 is 0 Å². The Kier molecular flexibility index (Phi) is 5.01. The van der Waals surface area contributed by atoms with E-state index >= 15 is 0 Å². The Morgan fingerprint density at radius 1 is 1.39 bits per heavy atom. The molecule has 4 nitrogen and oxygen atoms in total. The fourth-order valence-corrected chi connectivity index (χ4v) is 2.13. The van der Waals surface area contributed by atoms with Gasteiger partial charge in [-0.15, -0.1) is 0 Å². The number of carbonyl (C=O) groups excluding carboxylic acids is 1. The smallest absolute Gasteiger partial charge is 0.337 e. The van der Waals surface area contributed by atoms with Crippen LogP contribution in [0.4, 0.5) is 11.4 Å². The van der Waals surface area contributed by atoms with E-state index in [0.29, 0.717) is 17.3 Å². The Bertz CT molecular complexity index is 414. The van der Waals surface area contributed by atoms with E-state index in [2.05, 4.69) is 18.7 Å². The number of benzene rings is 1. The number of hydrogen-bond donors (Lipinski definition) is 1. The van der Waals surface area contributed by atoms with Crippen molar-refractivity contribution in [2.75, 3.05) is 24.8 Å². The molecule has 0 radical (unpaired) electrons. The van der Waals surface area contributed by atoms with E-state index in [0.717, 1.165) is 18.5 Å². The highest BCUT2D eigenvalue weighted by Gasteiger charge is 2.16. The van der Waals surface area contributed by atoms with Crippen LogP contribution < -0.4 is 10.6 Å². The summed E-state index contributed by atoms with van der Waals surface area (Å²) in [6.07, 6.45) is 2.07. The van der Waals surface area contributed by atoms with Gasteiger partial charge in [-0.05, 0) is 31.0 Å². The van der Waals surface area contributed by atoms with Crippen molar-refractivity contribution >= 4 is 17.3 Å². The van der Waals surface area contributed by atoms with E-state index in [9.17, 15) is 4.79 Å². The number of carbonyl (C=O) groups is 1. The molecule has 0 saturated carbocycles. The van der Waals surface area contributed by atoms with Gasteiger partial charge in [0.15, 0.2) is 0 Å². The number of methoxy groups -OCH3 is 1. The summed E-state index contributed by atoms with van der Waals surface area (Å²) in [5, 5.41) is 0. The largest absolute Gasteiger partial charge is 0.465 e. The van der Waals surface area contributed by atoms with Gasteiger partial charge >= 0.3 is 5.97 Å². The van der Waals surface area contributed by atoms with Crippen LogP contribution in [-0.4, -0.2) is 26.2 Å². The Balaban J connectivity index is 3.10. The average Bonchev–Trinajstić information content (AvgIpc) is 2.39. The van der Waals surface area contributed by atoms with E-state index in [4.69, 9.17) is 10.5 Å². The quantitative estimate of drug-likeness (QED) is 0.645. The molecule has 0 saturated heterocycles. The van der Waals surface area contributed by atoms with Gasteiger partial charge in [-0.1, -0.05) is 13.8 Å². The van der Waals surface area contributed by atoms with Crippen molar-refractivity contribution in [1.29, 1.82) is 0 Å². The summed E-state index contributed by atoms with van der Waals surface area (Å²) >= 11 is 0. The monoisotopic (exact) mass is 250 g/mol. The minimum absolute atomic E-state index is 0.339. The number of nitrogen functional groups attached to an aromatic ring is 1. The number of nitrogens with two attached hydrogens (primary N) is 1. The van der Waals surface area contributed by atoms with Gasteiger partial charge in [-0.2, -0.15) is 0 Å². The van der Waals surface area contributed by atoms with E-state index in [-0.39, 0.29) is 5.97 Å². The van der Waals surface area contributed by atoms with Gasteiger partial charge in [0.05, 0.1) is 24.0 Å². The van der Waals surface area contributed by atoms with Crippen molar-refractivity contribution < 1.29 is 9.53 Å². The number of anilines is 2. The van der Waals surface area contributed by atoms with Crippen LogP contribution in [0.2, 0.25) is 0 Å². The van der Waals surface area contributed by atoms with Crippen LogP contribution in [0.25, 0.3) is 0 Å². The molecule has 18 heavy (non-hydrogen) atoms. The minimum Gasteiger partial charge on any atom is -0.465 e. The highest BCUT2D eigenvalue weighted by Crippen LogP contribution is 2.27. The summed E-state index contributed by atoms with van der Waals surface area (Å²) in [6, 6.07) is 5.64. The number of rotatable bonds is 5. The SMILES string of the molecule is CCC(CC)N(C)c1cc(C(=O)OC)ccc1N. The molecule has 0 bridgehead atoms. The number of esters is 1. The molecule has 0 aliphatic carbocycles. The van der Waals surface area contributed by atoms with E-state index in [1.54, 1.807) is 18.2 Å². The molecule has 1 aromatic rings. The predicted octanol–water partition coefficient (Wildman–Crippen LogP) is 2.68. The third-order valence-electron chi connectivity index (χ3n) is 3.32. The van der Waals surface area contributed by atoms with E-state index < -0.39 is 0 Å². The summed E-state index contributed by atoms with van der Waals surface area (Å²) in [5.41, 5.74) is 8.07. The fraction of sp³-hybridized carbons (Fsp3) is 0.500. The first-order valence-corrected chi connectivity index (χ1v) is 6.25. The third kappa shape index (κ3) is 2.94. The van der Waals surface area contributed by atoms with Crippen LogP contribution in [0.5, 0.6) is 0 Å². The second-order valence-electron chi connectivity index (χ2n) is 4.35. The summed E-state index contributed by atoms with van der Waals surface area (Å²) in [7, 11) is 3.38. The van der Waals surface area contributed by atoms with Crippen molar-refractivity contribution in [2.45, 2.75) is 32.7 Å². The van der Waals surface area contributed by atoms with Crippen LogP contribution in [0.15, 0.2) is 18.2 Å². The molecule has 2 N–H and O–H groups in total. The zero-order valence-electron chi connectivity index (χ0n) is 11.6. The third-order valence-corrected chi connectivity index (χ3v) is 3.32. The Hall–Kier alpha value is -1.71. The van der Waals surface area contributed by atoms with Crippen molar-refractivity contribution in [1.82, 2.24) is 0 Å². The topological polar surface area (TPSA) is 55.6 Å². The molecule has 0 unspecified atom stereocenters. The zero-order chi connectivity index (χ0) is 13.7. The van der Waals surface area contributed by atoms with Crippen molar-refractivity contribution in [3.8, 4) is 0 Å². The molecule has 0 aliphatic heterocycles. The fourth-order valence-electron chi connectivity index (χ4n) is 2.13. The summed E-state index contributed by atoms with van der Waals surface area (Å²) in [6.45, 7) is 4.29. The normalized spacial score (nSPS) is 10.5. The lowest BCUT2D eigenvalue weighted by Gasteiger charge is -2.29. The number of ether oxygens (including phenoxy) is 1. The van der Waals surface area contributed by atoms with Gasteiger partial charge in [0.1, 0.15) is 0 Å². The molecule has 4 heteroatoms. The number of nitrogens with zero attached hydrogens (tertiary/aromatic N) is 1. The number of hydrogen-bond acceptors (Lipinski definition) is 4. The first-order chi connectivity index (χ1) is 8.54.